The van der Waals surface area contributed by atoms with Crippen LogP contribution in [0.25, 0.3) is 0 Å². The Bertz CT molecular complexity index is 341. The molecule has 4 unspecified atom stereocenters. The van der Waals surface area contributed by atoms with E-state index >= 15 is 0 Å². The van der Waals surface area contributed by atoms with Gasteiger partial charge in [-0.25, -0.2) is 4.79 Å². The van der Waals surface area contributed by atoms with Gasteiger partial charge in [0.2, 0.25) is 0 Å². The van der Waals surface area contributed by atoms with Crippen LogP contribution >= 0.6 is 0 Å². The van der Waals surface area contributed by atoms with Crippen LogP contribution in [-0.2, 0) is 9.47 Å². The second kappa shape index (κ2) is 8.73. The number of methoxy groups -OCH3 is 1. The summed E-state index contributed by atoms with van der Waals surface area (Å²) in [6, 6.07) is 0.730. The maximum atomic E-state index is 11.8. The van der Waals surface area contributed by atoms with E-state index in [1.807, 2.05) is 20.8 Å². The van der Waals surface area contributed by atoms with E-state index in [9.17, 15) is 4.79 Å². The van der Waals surface area contributed by atoms with Crippen LogP contribution in [0.15, 0.2) is 0 Å². The summed E-state index contributed by atoms with van der Waals surface area (Å²) in [6.45, 7) is 10.5. The Morgan fingerprint density at radius 3 is 2.45 bits per heavy atom. The highest BCUT2D eigenvalue weighted by atomic mass is 16.6. The monoisotopic (exact) mass is 314 g/mol. The van der Waals surface area contributed by atoms with Gasteiger partial charge in [-0.05, 0) is 53.4 Å². The van der Waals surface area contributed by atoms with Crippen LogP contribution in [0, 0.1) is 5.92 Å². The summed E-state index contributed by atoms with van der Waals surface area (Å²) in [6.07, 6.45) is 4.63. The van der Waals surface area contributed by atoms with Crippen molar-refractivity contribution in [3.8, 4) is 0 Å². The molecule has 5 heteroatoms. The Hall–Kier alpha value is -0.810. The third-order valence-electron chi connectivity index (χ3n) is 4.37. The number of carbonyl (C=O) groups excluding carboxylic acids is 1. The number of hydrogen-bond acceptors (Lipinski definition) is 4. The first-order chi connectivity index (χ1) is 10.2. The predicted molar refractivity (Wildman–Crippen MR) is 89.1 cm³/mol. The lowest BCUT2D eigenvalue weighted by molar-refractivity contribution is 0.0500. The Morgan fingerprint density at radius 1 is 1.23 bits per heavy atom. The van der Waals surface area contributed by atoms with E-state index in [0.717, 1.165) is 12.8 Å². The first-order valence-electron chi connectivity index (χ1n) is 8.48. The Balaban J connectivity index is 2.46. The summed E-state index contributed by atoms with van der Waals surface area (Å²) in [7, 11) is 1.74. The highest BCUT2D eigenvalue weighted by molar-refractivity contribution is 5.67. The van der Waals surface area contributed by atoms with Crippen LogP contribution in [-0.4, -0.2) is 43.5 Å². The van der Waals surface area contributed by atoms with Gasteiger partial charge in [-0.1, -0.05) is 12.8 Å². The third-order valence-corrected chi connectivity index (χ3v) is 4.37. The molecule has 0 saturated heterocycles. The summed E-state index contributed by atoms with van der Waals surface area (Å²) < 4.78 is 10.7. The van der Waals surface area contributed by atoms with Crippen molar-refractivity contribution < 1.29 is 14.3 Å². The molecule has 2 N–H and O–H groups in total. The molecule has 130 valence electrons. The SMILES string of the molecule is COC(C)C(C)NC1CCCCC1CNC(=O)OC(C)(C)C. The fourth-order valence-electron chi connectivity index (χ4n) is 2.88. The third kappa shape index (κ3) is 6.97. The van der Waals surface area contributed by atoms with Crippen molar-refractivity contribution in [1.82, 2.24) is 10.6 Å². The van der Waals surface area contributed by atoms with Crippen LogP contribution in [0.2, 0.25) is 0 Å². The summed E-state index contributed by atoms with van der Waals surface area (Å²) >= 11 is 0. The lowest BCUT2D eigenvalue weighted by Gasteiger charge is -2.36. The van der Waals surface area contributed by atoms with Crippen molar-refractivity contribution in [3.63, 3.8) is 0 Å². The van der Waals surface area contributed by atoms with Crippen LogP contribution in [0.3, 0.4) is 0 Å². The minimum absolute atomic E-state index is 0.182. The molecule has 0 radical (unpaired) electrons. The van der Waals surface area contributed by atoms with Gasteiger partial charge >= 0.3 is 6.09 Å². The molecule has 1 aliphatic rings. The first-order valence-corrected chi connectivity index (χ1v) is 8.48. The topological polar surface area (TPSA) is 59.6 Å². The van der Waals surface area contributed by atoms with E-state index in [1.54, 1.807) is 7.11 Å². The highest BCUT2D eigenvalue weighted by Gasteiger charge is 2.28. The fourth-order valence-corrected chi connectivity index (χ4v) is 2.88. The molecule has 0 aliphatic heterocycles. The molecular formula is C17H34N2O3. The summed E-state index contributed by atoms with van der Waals surface area (Å²) in [5, 5.41) is 6.60. The van der Waals surface area contributed by atoms with Gasteiger partial charge < -0.3 is 20.1 Å². The molecule has 1 saturated carbocycles. The van der Waals surface area contributed by atoms with Gasteiger partial charge in [0.25, 0.3) is 0 Å². The molecule has 0 bridgehead atoms. The summed E-state index contributed by atoms with van der Waals surface area (Å²) in [4.78, 5) is 11.8. The van der Waals surface area contributed by atoms with Gasteiger partial charge in [-0.15, -0.1) is 0 Å². The molecule has 0 aromatic heterocycles. The number of hydrogen-bond donors (Lipinski definition) is 2. The quantitative estimate of drug-likeness (QED) is 0.791. The lowest BCUT2D eigenvalue weighted by atomic mass is 9.84. The molecule has 0 aromatic rings. The molecule has 0 spiro atoms. The van der Waals surface area contributed by atoms with Gasteiger partial charge in [-0.3, -0.25) is 0 Å². The fraction of sp³-hybridized carbons (Fsp3) is 0.941. The number of rotatable bonds is 6. The lowest BCUT2D eigenvalue weighted by Crippen LogP contribution is -2.50. The van der Waals surface area contributed by atoms with E-state index < -0.39 is 5.60 Å². The second-order valence-electron chi connectivity index (χ2n) is 7.43. The maximum Gasteiger partial charge on any atom is 0.407 e. The standard InChI is InChI=1S/C17H34N2O3/c1-12(13(2)21-6)19-15-10-8-7-9-14(15)11-18-16(20)22-17(3,4)5/h12-15,19H,7-11H2,1-6H3,(H,18,20). The van der Waals surface area contributed by atoms with Crippen LogP contribution in [0.1, 0.15) is 60.3 Å². The van der Waals surface area contributed by atoms with Crippen molar-refractivity contribution in [2.75, 3.05) is 13.7 Å². The molecule has 0 aromatic carbocycles. The number of carbonyl (C=O) groups is 1. The van der Waals surface area contributed by atoms with Gasteiger partial charge in [0, 0.05) is 25.7 Å². The Morgan fingerprint density at radius 2 is 1.86 bits per heavy atom. The van der Waals surface area contributed by atoms with Crippen molar-refractivity contribution in [2.45, 2.75) is 84.1 Å². The first kappa shape index (κ1) is 19.2. The largest absolute Gasteiger partial charge is 0.444 e. The van der Waals surface area contributed by atoms with E-state index in [2.05, 4.69) is 24.5 Å². The molecule has 0 heterocycles. The van der Waals surface area contributed by atoms with E-state index in [-0.39, 0.29) is 12.2 Å². The van der Waals surface area contributed by atoms with Gasteiger partial charge in [0.1, 0.15) is 5.60 Å². The zero-order chi connectivity index (χ0) is 16.8. The van der Waals surface area contributed by atoms with Gasteiger partial charge in [-0.2, -0.15) is 0 Å². The smallest absolute Gasteiger partial charge is 0.407 e. The van der Waals surface area contributed by atoms with E-state index in [0.29, 0.717) is 24.5 Å². The van der Waals surface area contributed by atoms with Crippen molar-refractivity contribution >= 4 is 6.09 Å². The average molecular weight is 314 g/mol. The van der Waals surface area contributed by atoms with Crippen molar-refractivity contribution in [2.24, 2.45) is 5.92 Å². The summed E-state index contributed by atoms with van der Waals surface area (Å²) in [5.74, 6) is 0.452. The maximum absolute atomic E-state index is 11.8. The highest BCUT2D eigenvalue weighted by Crippen LogP contribution is 2.25. The molecule has 22 heavy (non-hydrogen) atoms. The second-order valence-corrected chi connectivity index (χ2v) is 7.43. The number of nitrogens with one attached hydrogen (secondary N) is 2. The van der Waals surface area contributed by atoms with Crippen LogP contribution < -0.4 is 10.6 Å². The molecule has 1 aliphatic carbocycles. The minimum Gasteiger partial charge on any atom is -0.444 e. The normalized spacial score (nSPS) is 25.4. The molecular weight excluding hydrogens is 280 g/mol. The van der Waals surface area contributed by atoms with Crippen LogP contribution in [0.5, 0.6) is 0 Å². The van der Waals surface area contributed by atoms with Gasteiger partial charge in [0.05, 0.1) is 6.10 Å². The molecule has 5 nitrogen and oxygen atoms in total. The number of alkyl carbamates (subject to hydrolysis) is 1. The molecule has 1 rings (SSSR count). The molecule has 1 amide bonds. The molecule has 1 fully saturated rings. The zero-order valence-corrected chi connectivity index (χ0v) is 15.1. The predicted octanol–water partition coefficient (Wildman–Crippen LogP) is 3.08. The van der Waals surface area contributed by atoms with Crippen LogP contribution in [0.4, 0.5) is 4.79 Å². The van der Waals surface area contributed by atoms with E-state index in [1.165, 1.54) is 12.8 Å². The van der Waals surface area contributed by atoms with Gasteiger partial charge in [0.15, 0.2) is 0 Å². The Kier molecular flexibility index (Phi) is 7.63. The van der Waals surface area contributed by atoms with Crippen molar-refractivity contribution in [1.29, 1.82) is 0 Å². The minimum atomic E-state index is -0.448. The number of amides is 1. The van der Waals surface area contributed by atoms with Crippen molar-refractivity contribution in [3.05, 3.63) is 0 Å². The average Bonchev–Trinajstić information content (AvgIpc) is 2.43. The molecule has 4 atom stereocenters. The van der Waals surface area contributed by atoms with E-state index in [4.69, 9.17) is 9.47 Å². The Labute approximate surface area is 135 Å². The zero-order valence-electron chi connectivity index (χ0n) is 15.1. The number of ether oxygens (including phenoxy) is 2. The summed E-state index contributed by atoms with van der Waals surface area (Å²) in [5.41, 5.74) is -0.448.